The van der Waals surface area contributed by atoms with Crippen molar-refractivity contribution in [3.8, 4) is 0 Å². The molecule has 2 N–H and O–H groups in total. The quantitative estimate of drug-likeness (QED) is 0.785. The summed E-state index contributed by atoms with van der Waals surface area (Å²) in [5.41, 5.74) is 1.76. The van der Waals surface area contributed by atoms with E-state index in [0.717, 1.165) is 0 Å². The smallest absolute Gasteiger partial charge is 0.251 e. The molecule has 0 aliphatic carbocycles. The Hall–Kier alpha value is -1.93. The molecule has 0 aromatic heterocycles. The van der Waals surface area contributed by atoms with E-state index in [1.807, 2.05) is 6.92 Å². The van der Waals surface area contributed by atoms with Gasteiger partial charge in [0.1, 0.15) is 0 Å². The standard InChI is InChI=1S/C18H27N3O4S/c1-4-11-26(24,25)21-10-6-7-14(12-21)17(22)20-16-9-5-8-15(13(16)2)18(23)19-3/h5,8-9,14H,4,6-7,10-12H2,1-3H3,(H,19,23)(H,20,22). The maximum atomic E-state index is 12.7. The second-order valence-electron chi connectivity index (χ2n) is 6.56. The monoisotopic (exact) mass is 381 g/mol. The van der Waals surface area contributed by atoms with Gasteiger partial charge >= 0.3 is 0 Å². The van der Waals surface area contributed by atoms with Crippen molar-refractivity contribution < 1.29 is 18.0 Å². The van der Waals surface area contributed by atoms with E-state index < -0.39 is 15.9 Å². The molecule has 8 heteroatoms. The number of hydrogen-bond acceptors (Lipinski definition) is 4. The normalized spacial score (nSPS) is 18.3. The Labute approximate surface area is 155 Å². The van der Waals surface area contributed by atoms with E-state index in [9.17, 15) is 18.0 Å². The molecule has 2 amide bonds. The maximum Gasteiger partial charge on any atom is 0.251 e. The van der Waals surface area contributed by atoms with Crippen molar-refractivity contribution >= 4 is 27.5 Å². The van der Waals surface area contributed by atoms with Crippen molar-refractivity contribution in [2.75, 3.05) is 31.2 Å². The highest BCUT2D eigenvalue weighted by Gasteiger charge is 2.32. The summed E-state index contributed by atoms with van der Waals surface area (Å²) in [6, 6.07) is 5.16. The Balaban J connectivity index is 2.12. The number of nitrogens with zero attached hydrogens (tertiary/aromatic N) is 1. The molecule has 1 atom stereocenters. The first-order chi connectivity index (χ1) is 12.3. The van der Waals surface area contributed by atoms with Gasteiger partial charge in [-0.15, -0.1) is 0 Å². The van der Waals surface area contributed by atoms with E-state index in [1.165, 1.54) is 4.31 Å². The van der Waals surface area contributed by atoms with E-state index in [-0.39, 0.29) is 24.1 Å². The number of carbonyl (C=O) groups is 2. The number of nitrogens with one attached hydrogen (secondary N) is 2. The van der Waals surface area contributed by atoms with Crippen LogP contribution in [0.5, 0.6) is 0 Å². The molecule has 1 aliphatic heterocycles. The van der Waals surface area contributed by atoms with Gasteiger partial charge in [0.05, 0.1) is 11.7 Å². The fourth-order valence-electron chi connectivity index (χ4n) is 3.18. The molecule has 0 radical (unpaired) electrons. The van der Waals surface area contributed by atoms with Crippen LogP contribution in [0.15, 0.2) is 18.2 Å². The fourth-order valence-corrected chi connectivity index (χ4v) is 4.77. The van der Waals surface area contributed by atoms with Gasteiger partial charge in [0.2, 0.25) is 15.9 Å². The van der Waals surface area contributed by atoms with Crippen LogP contribution in [0.25, 0.3) is 0 Å². The van der Waals surface area contributed by atoms with Crippen LogP contribution in [0.2, 0.25) is 0 Å². The molecule has 7 nitrogen and oxygen atoms in total. The summed E-state index contributed by atoms with van der Waals surface area (Å²) in [5, 5.41) is 5.44. The van der Waals surface area contributed by atoms with Crippen molar-refractivity contribution in [1.29, 1.82) is 0 Å². The predicted octanol–water partition coefficient (Wildman–Crippen LogP) is 1.74. The van der Waals surface area contributed by atoms with Crippen molar-refractivity contribution in [3.63, 3.8) is 0 Å². The molecule has 1 unspecified atom stereocenters. The van der Waals surface area contributed by atoms with Crippen LogP contribution in [0.3, 0.4) is 0 Å². The second kappa shape index (κ2) is 8.64. The molecule has 1 fully saturated rings. The lowest BCUT2D eigenvalue weighted by molar-refractivity contribution is -0.120. The molecular weight excluding hydrogens is 354 g/mol. The van der Waals surface area contributed by atoms with E-state index in [1.54, 1.807) is 32.2 Å². The Kier molecular flexibility index (Phi) is 6.77. The highest BCUT2D eigenvalue weighted by atomic mass is 32.2. The number of piperidine rings is 1. The predicted molar refractivity (Wildman–Crippen MR) is 102 cm³/mol. The topological polar surface area (TPSA) is 95.6 Å². The van der Waals surface area contributed by atoms with Crippen molar-refractivity contribution in [3.05, 3.63) is 29.3 Å². The van der Waals surface area contributed by atoms with Gasteiger partial charge in [-0.3, -0.25) is 9.59 Å². The highest BCUT2D eigenvalue weighted by Crippen LogP contribution is 2.24. The lowest BCUT2D eigenvalue weighted by Gasteiger charge is -2.31. The zero-order valence-corrected chi connectivity index (χ0v) is 16.4. The molecule has 26 heavy (non-hydrogen) atoms. The van der Waals surface area contributed by atoms with Gasteiger partial charge in [-0.1, -0.05) is 13.0 Å². The molecule has 1 aromatic carbocycles. The van der Waals surface area contributed by atoms with Crippen LogP contribution >= 0.6 is 0 Å². The molecule has 1 saturated heterocycles. The van der Waals surface area contributed by atoms with Crippen LogP contribution in [0.4, 0.5) is 5.69 Å². The number of carbonyl (C=O) groups excluding carboxylic acids is 2. The van der Waals surface area contributed by atoms with E-state index in [2.05, 4.69) is 10.6 Å². The molecule has 144 valence electrons. The summed E-state index contributed by atoms with van der Waals surface area (Å²) >= 11 is 0. The number of rotatable bonds is 6. The minimum absolute atomic E-state index is 0.106. The number of hydrogen-bond donors (Lipinski definition) is 2. The fraction of sp³-hybridized carbons (Fsp3) is 0.556. The molecule has 2 rings (SSSR count). The molecule has 0 saturated carbocycles. The largest absolute Gasteiger partial charge is 0.355 e. The Bertz CT molecular complexity index is 777. The Morgan fingerprint density at radius 2 is 2.04 bits per heavy atom. The van der Waals surface area contributed by atoms with Crippen molar-refractivity contribution in [2.45, 2.75) is 33.1 Å². The third-order valence-electron chi connectivity index (χ3n) is 4.67. The van der Waals surface area contributed by atoms with Crippen LogP contribution in [0, 0.1) is 12.8 Å². The summed E-state index contributed by atoms with van der Waals surface area (Å²) in [6.07, 6.45) is 1.87. The number of sulfonamides is 1. The van der Waals surface area contributed by atoms with Crippen molar-refractivity contribution in [1.82, 2.24) is 9.62 Å². The van der Waals surface area contributed by atoms with Gasteiger partial charge < -0.3 is 10.6 Å². The summed E-state index contributed by atoms with van der Waals surface area (Å²) in [6.45, 7) is 4.28. The van der Waals surface area contributed by atoms with Gasteiger partial charge in [-0.2, -0.15) is 0 Å². The van der Waals surface area contributed by atoms with Crippen molar-refractivity contribution in [2.24, 2.45) is 5.92 Å². The number of benzene rings is 1. The van der Waals surface area contributed by atoms with Crippen LogP contribution in [-0.2, 0) is 14.8 Å². The average Bonchev–Trinajstić information content (AvgIpc) is 2.63. The van der Waals surface area contributed by atoms with E-state index in [4.69, 9.17) is 0 Å². The summed E-state index contributed by atoms with van der Waals surface area (Å²) in [5.74, 6) is -0.709. The first-order valence-corrected chi connectivity index (χ1v) is 10.5. The first-order valence-electron chi connectivity index (χ1n) is 8.90. The number of anilines is 1. The maximum absolute atomic E-state index is 12.7. The zero-order valence-electron chi connectivity index (χ0n) is 15.5. The Morgan fingerprint density at radius 1 is 1.31 bits per heavy atom. The molecule has 0 bridgehead atoms. The Morgan fingerprint density at radius 3 is 2.69 bits per heavy atom. The van der Waals surface area contributed by atoms with Gasteiger partial charge in [-0.25, -0.2) is 12.7 Å². The van der Waals surface area contributed by atoms with Crippen LogP contribution in [-0.4, -0.2) is 50.4 Å². The average molecular weight is 381 g/mol. The van der Waals surface area contributed by atoms with E-state index in [0.29, 0.717) is 42.6 Å². The summed E-state index contributed by atoms with van der Waals surface area (Å²) in [7, 11) is -1.75. The highest BCUT2D eigenvalue weighted by molar-refractivity contribution is 7.89. The first kappa shape index (κ1) is 20.4. The lowest BCUT2D eigenvalue weighted by atomic mass is 9.98. The van der Waals surface area contributed by atoms with Gasteiger partial charge in [0.15, 0.2) is 0 Å². The van der Waals surface area contributed by atoms with Crippen LogP contribution < -0.4 is 10.6 Å². The minimum Gasteiger partial charge on any atom is -0.355 e. The molecule has 1 heterocycles. The second-order valence-corrected chi connectivity index (χ2v) is 8.65. The van der Waals surface area contributed by atoms with Gasteiger partial charge in [-0.05, 0) is 43.9 Å². The third-order valence-corrected chi connectivity index (χ3v) is 6.72. The van der Waals surface area contributed by atoms with E-state index >= 15 is 0 Å². The number of amides is 2. The molecule has 0 spiro atoms. The van der Waals surface area contributed by atoms with Gasteiger partial charge in [0, 0.05) is 31.4 Å². The molecular formula is C18H27N3O4S. The summed E-state index contributed by atoms with van der Waals surface area (Å²) in [4.78, 5) is 24.6. The van der Waals surface area contributed by atoms with Gasteiger partial charge in [0.25, 0.3) is 5.91 Å². The molecule has 1 aliphatic rings. The minimum atomic E-state index is -3.30. The molecule has 1 aromatic rings. The SMILES string of the molecule is CCCS(=O)(=O)N1CCCC(C(=O)Nc2cccc(C(=O)NC)c2C)C1. The summed E-state index contributed by atoms with van der Waals surface area (Å²) < 4.78 is 26.0. The zero-order chi connectivity index (χ0) is 19.3. The third kappa shape index (κ3) is 4.62. The van der Waals surface area contributed by atoms with Crippen LogP contribution in [0.1, 0.15) is 42.1 Å². The lowest BCUT2D eigenvalue weighted by Crippen LogP contribution is -2.44.